The summed E-state index contributed by atoms with van der Waals surface area (Å²) in [6, 6.07) is 7.52. The van der Waals surface area contributed by atoms with Crippen LogP contribution in [0.2, 0.25) is 0 Å². The maximum atomic E-state index is 12.4. The van der Waals surface area contributed by atoms with Gasteiger partial charge in [-0.2, -0.15) is 5.10 Å². The van der Waals surface area contributed by atoms with Crippen LogP contribution in [0.5, 0.6) is 0 Å². The van der Waals surface area contributed by atoms with E-state index in [1.54, 1.807) is 22.6 Å². The van der Waals surface area contributed by atoms with Crippen molar-refractivity contribution in [3.63, 3.8) is 0 Å². The predicted octanol–water partition coefficient (Wildman–Crippen LogP) is 3.26. The average molecular weight is 440 g/mol. The maximum Gasteiger partial charge on any atom is 0.226 e. The zero-order valence-electron chi connectivity index (χ0n) is 17.6. The molecule has 0 spiro atoms. The lowest BCUT2D eigenvalue weighted by Crippen LogP contribution is -2.29. The molecule has 0 radical (unpaired) electrons. The number of amides is 1. The van der Waals surface area contributed by atoms with Gasteiger partial charge in [-0.25, -0.2) is 14.6 Å². The molecule has 4 rings (SSSR count). The van der Waals surface area contributed by atoms with Crippen molar-refractivity contribution in [3.05, 3.63) is 36.2 Å². The molecular formula is C21H25N7O2S. The molecule has 162 valence electrons. The number of fused-ring (bicyclic) bond motifs is 2. The summed E-state index contributed by atoms with van der Waals surface area (Å²) in [6.07, 6.45) is 2.95. The van der Waals surface area contributed by atoms with Crippen LogP contribution in [0.25, 0.3) is 22.0 Å². The maximum absolute atomic E-state index is 12.4. The summed E-state index contributed by atoms with van der Waals surface area (Å²) in [7, 11) is 0. The lowest BCUT2D eigenvalue weighted by atomic mass is 10.1. The zero-order chi connectivity index (χ0) is 21.6. The van der Waals surface area contributed by atoms with Crippen LogP contribution in [-0.4, -0.2) is 49.7 Å². The molecule has 0 aliphatic heterocycles. The van der Waals surface area contributed by atoms with Gasteiger partial charge in [0, 0.05) is 18.5 Å². The molecule has 1 amide bonds. The van der Waals surface area contributed by atoms with Crippen LogP contribution in [0.4, 0.5) is 5.82 Å². The number of anilines is 1. The van der Waals surface area contributed by atoms with E-state index >= 15 is 0 Å². The third-order valence-corrected chi connectivity index (χ3v) is 5.45. The molecule has 0 saturated carbocycles. The number of carbonyl (C=O) groups excluding carboxylic acids is 1. The molecule has 9 nitrogen and oxygen atoms in total. The number of rotatable bonds is 10. The Morgan fingerprint density at radius 1 is 1.16 bits per heavy atom. The molecule has 31 heavy (non-hydrogen) atoms. The number of hydrogen-bond acceptors (Lipinski definition) is 8. The molecule has 2 N–H and O–H groups in total. The van der Waals surface area contributed by atoms with E-state index < -0.39 is 0 Å². The van der Waals surface area contributed by atoms with Gasteiger partial charge in [-0.05, 0) is 24.3 Å². The smallest absolute Gasteiger partial charge is 0.226 e. The van der Waals surface area contributed by atoms with E-state index in [0.29, 0.717) is 24.4 Å². The van der Waals surface area contributed by atoms with Crippen LogP contribution in [0.15, 0.2) is 40.1 Å². The molecule has 3 aromatic heterocycles. The highest BCUT2D eigenvalue weighted by atomic mass is 32.2. The Kier molecular flexibility index (Phi) is 6.66. The molecule has 10 heteroatoms. The number of benzene rings is 1. The minimum absolute atomic E-state index is 0.113. The van der Waals surface area contributed by atoms with Gasteiger partial charge in [0.15, 0.2) is 16.4 Å². The molecule has 3 heterocycles. The Morgan fingerprint density at radius 3 is 2.87 bits per heavy atom. The van der Waals surface area contributed by atoms with Crippen LogP contribution in [0.1, 0.15) is 26.0 Å². The lowest BCUT2D eigenvalue weighted by molar-refractivity contribution is -0.120. The molecule has 0 fully saturated rings. The van der Waals surface area contributed by atoms with Gasteiger partial charge in [-0.1, -0.05) is 42.9 Å². The fourth-order valence-electron chi connectivity index (χ4n) is 3.25. The topological polar surface area (TPSA) is 111 Å². The van der Waals surface area contributed by atoms with Gasteiger partial charge < -0.3 is 15.2 Å². The van der Waals surface area contributed by atoms with Gasteiger partial charge in [0.2, 0.25) is 5.91 Å². The third-order valence-electron chi connectivity index (χ3n) is 4.72. The van der Waals surface area contributed by atoms with Crippen molar-refractivity contribution < 1.29 is 9.32 Å². The molecular weight excluding hydrogens is 414 g/mol. The summed E-state index contributed by atoms with van der Waals surface area (Å²) in [5.74, 6) is 1.58. The van der Waals surface area contributed by atoms with Crippen LogP contribution in [0.3, 0.4) is 0 Å². The first kappa shape index (κ1) is 21.1. The van der Waals surface area contributed by atoms with Gasteiger partial charge in [0.05, 0.1) is 24.5 Å². The van der Waals surface area contributed by atoms with E-state index in [1.165, 1.54) is 0 Å². The second kappa shape index (κ2) is 9.78. The SMILES string of the molecule is CCCNc1nc(SCC)nc2c1cnn2CCNC(=O)Cc1noc2ccccc12. The van der Waals surface area contributed by atoms with E-state index in [4.69, 9.17) is 4.52 Å². The van der Waals surface area contributed by atoms with Gasteiger partial charge >= 0.3 is 0 Å². The van der Waals surface area contributed by atoms with Gasteiger partial charge in [0.1, 0.15) is 11.5 Å². The van der Waals surface area contributed by atoms with Crippen molar-refractivity contribution in [2.24, 2.45) is 0 Å². The Labute approximate surface area is 184 Å². The monoisotopic (exact) mass is 439 g/mol. The standard InChI is InChI=1S/C21H25N7O2S/c1-3-9-23-19-15-13-24-28(20(15)26-21(25-19)31-4-2)11-10-22-18(29)12-16-14-7-5-6-8-17(14)30-27-16/h5-8,13H,3-4,9-12H2,1-2H3,(H,22,29)(H,23,25,26). The largest absolute Gasteiger partial charge is 0.369 e. The van der Waals surface area contributed by atoms with E-state index in [0.717, 1.165) is 46.1 Å². The number of aromatic nitrogens is 5. The Bertz CT molecular complexity index is 1190. The van der Waals surface area contributed by atoms with Crippen LogP contribution >= 0.6 is 11.8 Å². The number of para-hydroxylation sites is 1. The van der Waals surface area contributed by atoms with Crippen LogP contribution in [-0.2, 0) is 17.8 Å². The third kappa shape index (κ3) is 4.79. The minimum Gasteiger partial charge on any atom is -0.369 e. The summed E-state index contributed by atoms with van der Waals surface area (Å²) >= 11 is 1.59. The highest BCUT2D eigenvalue weighted by Gasteiger charge is 2.14. The van der Waals surface area contributed by atoms with Crippen molar-refractivity contribution in [2.75, 3.05) is 24.2 Å². The predicted molar refractivity (Wildman–Crippen MR) is 121 cm³/mol. The molecule has 0 aliphatic carbocycles. The van der Waals surface area contributed by atoms with Gasteiger partial charge in [-0.3, -0.25) is 4.79 Å². The Hall–Kier alpha value is -3.14. The molecule has 4 aromatic rings. The fourth-order valence-corrected chi connectivity index (χ4v) is 3.82. The summed E-state index contributed by atoms with van der Waals surface area (Å²) < 4.78 is 7.07. The quantitative estimate of drug-likeness (QED) is 0.286. The molecule has 0 saturated heterocycles. The first-order valence-electron chi connectivity index (χ1n) is 10.4. The number of nitrogens with one attached hydrogen (secondary N) is 2. The molecule has 0 unspecified atom stereocenters. The first-order valence-corrected chi connectivity index (χ1v) is 11.4. The van der Waals surface area contributed by atoms with Crippen molar-refractivity contribution in [3.8, 4) is 0 Å². The Balaban J connectivity index is 1.42. The van der Waals surface area contributed by atoms with E-state index in [9.17, 15) is 4.79 Å². The van der Waals surface area contributed by atoms with Crippen LogP contribution < -0.4 is 10.6 Å². The number of hydrogen-bond donors (Lipinski definition) is 2. The lowest BCUT2D eigenvalue weighted by Gasteiger charge is -2.09. The molecule has 1 aromatic carbocycles. The fraction of sp³-hybridized carbons (Fsp3) is 0.381. The molecule has 0 bridgehead atoms. The summed E-state index contributed by atoms with van der Waals surface area (Å²) in [4.78, 5) is 21.7. The molecule has 0 atom stereocenters. The Morgan fingerprint density at radius 2 is 2.03 bits per heavy atom. The van der Waals surface area contributed by atoms with Gasteiger partial charge in [-0.15, -0.1) is 0 Å². The second-order valence-electron chi connectivity index (χ2n) is 6.97. The normalized spacial score (nSPS) is 11.3. The number of thioether (sulfide) groups is 1. The van der Waals surface area contributed by atoms with Crippen molar-refractivity contribution in [1.29, 1.82) is 0 Å². The van der Waals surface area contributed by atoms with E-state index in [1.807, 2.05) is 24.3 Å². The van der Waals surface area contributed by atoms with Crippen LogP contribution in [0, 0.1) is 0 Å². The van der Waals surface area contributed by atoms with Crippen molar-refractivity contribution in [1.82, 2.24) is 30.2 Å². The van der Waals surface area contributed by atoms with Crippen molar-refractivity contribution in [2.45, 2.75) is 38.4 Å². The summed E-state index contributed by atoms with van der Waals surface area (Å²) in [5, 5.41) is 17.2. The summed E-state index contributed by atoms with van der Waals surface area (Å²) in [5.41, 5.74) is 2.08. The van der Waals surface area contributed by atoms with E-state index in [-0.39, 0.29) is 12.3 Å². The summed E-state index contributed by atoms with van der Waals surface area (Å²) in [6.45, 7) is 5.96. The first-order chi connectivity index (χ1) is 15.2. The second-order valence-corrected chi connectivity index (χ2v) is 8.20. The number of nitrogens with zero attached hydrogens (tertiary/aromatic N) is 5. The number of carbonyl (C=O) groups is 1. The van der Waals surface area contributed by atoms with Gasteiger partial charge in [0.25, 0.3) is 0 Å². The molecule has 0 aliphatic rings. The minimum atomic E-state index is -0.113. The highest BCUT2D eigenvalue weighted by Crippen LogP contribution is 2.24. The van der Waals surface area contributed by atoms with E-state index in [2.05, 4.69) is 44.7 Å². The van der Waals surface area contributed by atoms with Crippen molar-refractivity contribution >= 4 is 45.5 Å². The zero-order valence-corrected chi connectivity index (χ0v) is 18.4. The average Bonchev–Trinajstić information content (AvgIpc) is 3.37. The highest BCUT2D eigenvalue weighted by molar-refractivity contribution is 7.99.